The summed E-state index contributed by atoms with van der Waals surface area (Å²) in [5, 5.41) is 8.16. The Morgan fingerprint density at radius 1 is 0.804 bits per heavy atom. The number of piperidine rings is 1. The molecule has 2 aromatic heterocycles. The maximum Gasteiger partial charge on any atom is 0.262 e. The van der Waals surface area contributed by atoms with Crippen molar-refractivity contribution in [3.8, 4) is 22.8 Å². The van der Waals surface area contributed by atoms with Crippen molar-refractivity contribution < 1.29 is 23.9 Å². The maximum atomic E-state index is 13.4. The van der Waals surface area contributed by atoms with Crippen molar-refractivity contribution in [2.45, 2.75) is 63.1 Å². The Kier molecular flexibility index (Phi) is 8.13. The first-order valence-electron chi connectivity index (χ1n) is 19.4. The van der Waals surface area contributed by atoms with Crippen LogP contribution in [-0.2, 0) is 9.59 Å². The van der Waals surface area contributed by atoms with Gasteiger partial charge < -0.3 is 15.4 Å². The number of likely N-dealkylation sites (tertiary alicyclic amines) is 1. The van der Waals surface area contributed by atoms with Crippen LogP contribution in [0.15, 0.2) is 79.1 Å². The van der Waals surface area contributed by atoms with Crippen LogP contribution >= 0.6 is 0 Å². The quantitative estimate of drug-likeness (QED) is 0.216. The molecule has 1 unspecified atom stereocenters. The minimum atomic E-state index is -0.970. The third-order valence-corrected chi connectivity index (χ3v) is 12.5. The van der Waals surface area contributed by atoms with Crippen LogP contribution in [0.5, 0.6) is 11.5 Å². The normalized spacial score (nSPS) is 22.5. The van der Waals surface area contributed by atoms with E-state index < -0.39 is 23.8 Å². The van der Waals surface area contributed by atoms with Crippen LogP contribution in [0, 0.1) is 5.41 Å². The first-order chi connectivity index (χ1) is 27.2. The fourth-order valence-electron chi connectivity index (χ4n) is 9.54. The first-order valence-corrected chi connectivity index (χ1v) is 19.4. The molecule has 0 radical (unpaired) electrons. The van der Waals surface area contributed by atoms with E-state index in [1.54, 1.807) is 12.1 Å². The number of nitrogens with zero attached hydrogens (tertiary/aromatic N) is 7. The number of ether oxygens (including phenoxy) is 1. The average molecular weight is 752 g/mol. The highest BCUT2D eigenvalue weighted by molar-refractivity contribution is 6.23. The van der Waals surface area contributed by atoms with Gasteiger partial charge in [-0.05, 0) is 98.5 Å². The lowest BCUT2D eigenvalue weighted by Gasteiger charge is -2.55. The topological polar surface area (TPSA) is 169 Å². The smallest absolute Gasteiger partial charge is 0.262 e. The minimum Gasteiger partial charge on any atom is -0.457 e. The molecule has 3 N–H and O–H groups in total. The summed E-state index contributed by atoms with van der Waals surface area (Å²) < 4.78 is 8.09. The second kappa shape index (κ2) is 13.3. The summed E-state index contributed by atoms with van der Waals surface area (Å²) in [6.45, 7) is 3.83. The number of hydrogen-bond acceptors (Lipinski definition) is 11. The van der Waals surface area contributed by atoms with Gasteiger partial charge in [-0.2, -0.15) is 5.10 Å². The number of para-hydroxylation sites is 1. The number of carbonyl (C=O) groups is 4. The van der Waals surface area contributed by atoms with Gasteiger partial charge in [0, 0.05) is 49.9 Å². The van der Waals surface area contributed by atoms with Crippen LogP contribution in [0.2, 0.25) is 0 Å². The van der Waals surface area contributed by atoms with Gasteiger partial charge in [0.05, 0.1) is 22.6 Å². The Bertz CT molecular complexity index is 2400. The molecule has 4 amide bonds. The number of benzene rings is 3. The van der Waals surface area contributed by atoms with Crippen molar-refractivity contribution in [1.82, 2.24) is 34.9 Å². The van der Waals surface area contributed by atoms with Crippen LogP contribution in [-0.4, -0.2) is 91.4 Å². The van der Waals surface area contributed by atoms with Gasteiger partial charge in [-0.15, -0.1) is 0 Å². The fraction of sp³-hybridized carbons (Fsp3) is 0.357. The number of nitrogens with two attached hydrogens (primary N) is 1. The van der Waals surface area contributed by atoms with Crippen molar-refractivity contribution in [2.24, 2.45) is 5.41 Å². The van der Waals surface area contributed by atoms with E-state index in [1.165, 1.54) is 6.33 Å². The summed E-state index contributed by atoms with van der Waals surface area (Å²) in [7, 11) is 0. The van der Waals surface area contributed by atoms with Crippen LogP contribution in [0.3, 0.4) is 0 Å². The lowest BCUT2D eigenvalue weighted by atomic mass is 9.67. The first kappa shape index (κ1) is 34.3. The molecule has 6 heterocycles. The zero-order chi connectivity index (χ0) is 38.1. The largest absolute Gasteiger partial charge is 0.457 e. The zero-order valence-electron chi connectivity index (χ0n) is 30.8. The van der Waals surface area contributed by atoms with E-state index in [4.69, 9.17) is 15.6 Å². The van der Waals surface area contributed by atoms with E-state index in [-0.39, 0.29) is 30.2 Å². The van der Waals surface area contributed by atoms with E-state index in [2.05, 4.69) is 29.8 Å². The number of imide groups is 2. The van der Waals surface area contributed by atoms with Crippen molar-refractivity contribution >= 4 is 46.2 Å². The zero-order valence-corrected chi connectivity index (χ0v) is 30.8. The third-order valence-electron chi connectivity index (χ3n) is 12.5. The average Bonchev–Trinajstić information content (AvgIpc) is 3.91. The number of anilines is 2. The third kappa shape index (κ3) is 5.78. The lowest BCUT2D eigenvalue weighted by molar-refractivity contribution is -0.136. The second-order valence-electron chi connectivity index (χ2n) is 15.9. The van der Waals surface area contributed by atoms with E-state index in [9.17, 15) is 19.2 Å². The van der Waals surface area contributed by atoms with Crippen molar-refractivity contribution in [2.75, 3.05) is 36.8 Å². The molecule has 2 atom stereocenters. The Labute approximate surface area is 322 Å². The minimum absolute atomic E-state index is 0.0957. The van der Waals surface area contributed by atoms with Crippen LogP contribution in [0.1, 0.15) is 71.7 Å². The van der Waals surface area contributed by atoms with Gasteiger partial charge in [-0.1, -0.05) is 18.2 Å². The molecule has 5 aromatic rings. The van der Waals surface area contributed by atoms with E-state index in [0.717, 1.165) is 103 Å². The molecular formula is C42H41N9O5. The van der Waals surface area contributed by atoms with E-state index in [0.29, 0.717) is 23.0 Å². The monoisotopic (exact) mass is 751 g/mol. The Balaban J connectivity index is 0.777. The SMILES string of the molecule is Nc1ncnc2c1c(-c1ccc(Oc3ccccc3)cc1)nn2C1CCC2(CC1)CN([C@H]1CCN(c3ccc4c(c3)C(=O)N(C3CCC(=O)NC3=O)C4=O)C1)C2. The molecule has 14 nitrogen and oxygen atoms in total. The van der Waals surface area contributed by atoms with E-state index in [1.807, 2.05) is 60.7 Å². The predicted octanol–water partition coefficient (Wildman–Crippen LogP) is 4.97. The number of fused-ring (bicyclic) bond motifs is 2. The van der Waals surface area contributed by atoms with Crippen molar-refractivity contribution in [1.29, 1.82) is 0 Å². The lowest BCUT2D eigenvalue weighted by Crippen LogP contribution is -2.61. The second-order valence-corrected chi connectivity index (χ2v) is 15.9. The molecule has 1 saturated carbocycles. The molecular weight excluding hydrogens is 711 g/mol. The van der Waals surface area contributed by atoms with Gasteiger partial charge in [-0.25, -0.2) is 14.6 Å². The van der Waals surface area contributed by atoms with Gasteiger partial charge in [0.15, 0.2) is 5.65 Å². The molecule has 4 aliphatic heterocycles. The predicted molar refractivity (Wildman–Crippen MR) is 207 cm³/mol. The summed E-state index contributed by atoms with van der Waals surface area (Å²) in [6.07, 6.45) is 7.01. The van der Waals surface area contributed by atoms with E-state index >= 15 is 0 Å². The maximum absolute atomic E-state index is 13.4. The van der Waals surface area contributed by atoms with Gasteiger partial charge in [0.25, 0.3) is 11.8 Å². The molecule has 10 rings (SSSR count). The number of nitrogen functional groups attached to an aromatic ring is 1. The summed E-state index contributed by atoms with van der Waals surface area (Å²) >= 11 is 0. The number of carbonyl (C=O) groups excluding carboxylic acids is 4. The molecule has 0 bridgehead atoms. The Morgan fingerprint density at radius 2 is 1.55 bits per heavy atom. The summed E-state index contributed by atoms with van der Waals surface area (Å²) in [5.74, 6) is -0.0118. The van der Waals surface area contributed by atoms with Crippen LogP contribution in [0.4, 0.5) is 11.5 Å². The standard InChI is InChI=1S/C42H41N9O5/c43-37-35-36(25-6-9-30(10-7-25)56-29-4-2-1-3-5-29)47-51(38(35)45-24-44-37)26-14-17-42(18-15-26)22-49(23-42)28-16-19-48(21-28)27-8-11-31-32(20-27)41(55)50(40(31)54)33-12-13-34(52)46-39(33)53/h1-11,20,24,26,28,33H,12-19,21-23H2,(H2,43,44,45)(H,46,52,53)/t28-,33?/m0/s1. The highest BCUT2D eigenvalue weighted by Gasteiger charge is 2.49. The molecule has 56 heavy (non-hydrogen) atoms. The molecule has 5 aliphatic rings. The van der Waals surface area contributed by atoms with Gasteiger partial charge in [0.1, 0.15) is 35.4 Å². The summed E-state index contributed by atoms with van der Waals surface area (Å²) in [4.78, 5) is 65.6. The van der Waals surface area contributed by atoms with Crippen LogP contribution < -0.4 is 20.7 Å². The molecule has 1 spiro atoms. The number of aromatic nitrogens is 4. The summed E-state index contributed by atoms with van der Waals surface area (Å²) in [5.41, 5.74) is 10.7. The molecule has 284 valence electrons. The molecule has 3 aromatic carbocycles. The molecule has 4 fully saturated rings. The van der Waals surface area contributed by atoms with Crippen LogP contribution in [0.25, 0.3) is 22.3 Å². The number of rotatable bonds is 7. The fourth-order valence-corrected chi connectivity index (χ4v) is 9.54. The Morgan fingerprint density at radius 3 is 2.32 bits per heavy atom. The molecule has 14 heteroatoms. The Hall–Kier alpha value is -6.15. The number of hydrogen-bond donors (Lipinski definition) is 2. The van der Waals surface area contributed by atoms with Crippen molar-refractivity contribution in [3.05, 3.63) is 90.3 Å². The summed E-state index contributed by atoms with van der Waals surface area (Å²) in [6, 6.07) is 22.6. The molecule has 3 saturated heterocycles. The highest BCUT2D eigenvalue weighted by Crippen LogP contribution is 2.49. The van der Waals surface area contributed by atoms with Crippen molar-refractivity contribution in [3.63, 3.8) is 0 Å². The number of amides is 4. The van der Waals surface area contributed by atoms with Gasteiger partial charge in [-0.3, -0.25) is 34.3 Å². The number of nitrogens with one attached hydrogen (secondary N) is 1. The van der Waals surface area contributed by atoms with Gasteiger partial charge in [0.2, 0.25) is 11.8 Å². The van der Waals surface area contributed by atoms with Gasteiger partial charge >= 0.3 is 0 Å². The highest BCUT2D eigenvalue weighted by atomic mass is 16.5. The molecule has 1 aliphatic carbocycles.